The van der Waals surface area contributed by atoms with Gasteiger partial charge in [0.15, 0.2) is 0 Å². The summed E-state index contributed by atoms with van der Waals surface area (Å²) in [4.78, 5) is 15.8. The number of carbonyl (C=O) groups excluding carboxylic acids is 1. The molecule has 5 nitrogen and oxygen atoms in total. The van der Waals surface area contributed by atoms with E-state index in [1.54, 1.807) is 4.90 Å². The molecule has 0 aliphatic carbocycles. The summed E-state index contributed by atoms with van der Waals surface area (Å²) in [6.45, 7) is 8.47. The lowest BCUT2D eigenvalue weighted by molar-refractivity contribution is -0.0000875. The van der Waals surface area contributed by atoms with Gasteiger partial charge in [-0.05, 0) is 20.8 Å². The van der Waals surface area contributed by atoms with Crippen molar-refractivity contribution in [2.24, 2.45) is 0 Å². The van der Waals surface area contributed by atoms with Crippen LogP contribution in [0.1, 0.15) is 20.8 Å². The van der Waals surface area contributed by atoms with Gasteiger partial charge in [-0.1, -0.05) is 0 Å². The number of fused-ring (bicyclic) bond motifs is 2. The van der Waals surface area contributed by atoms with Gasteiger partial charge in [-0.25, -0.2) is 4.79 Å². The number of rotatable bonds is 0. The summed E-state index contributed by atoms with van der Waals surface area (Å²) in [6, 6.07) is -0.0939. The van der Waals surface area contributed by atoms with Crippen molar-refractivity contribution in [2.75, 3.05) is 26.2 Å². The molecule has 1 unspecified atom stereocenters. The maximum absolute atomic E-state index is 11.9. The van der Waals surface area contributed by atoms with Crippen molar-refractivity contribution in [3.05, 3.63) is 0 Å². The normalized spacial score (nSPS) is 34.0. The van der Waals surface area contributed by atoms with Gasteiger partial charge in [0.1, 0.15) is 5.60 Å². The fraction of sp³-hybridized carbons (Fsp3) is 0.909. The summed E-state index contributed by atoms with van der Waals surface area (Å²) < 4.78 is 5.33. The largest absolute Gasteiger partial charge is 0.444 e. The standard InChI is InChI=1S/C11H20N2O3/c1-11(2,3)16-10(15)13-5-4-12-6-8(13)9(14)7-12/h8-9,14H,4-7H2,1-3H3/t8-,9+/m0/s1. The molecule has 0 aromatic rings. The zero-order chi connectivity index (χ0) is 11.9. The van der Waals surface area contributed by atoms with Gasteiger partial charge in [0.05, 0.1) is 12.1 Å². The Labute approximate surface area is 96.0 Å². The molecule has 0 spiro atoms. The van der Waals surface area contributed by atoms with Gasteiger partial charge in [-0.15, -0.1) is 0 Å². The highest BCUT2D eigenvalue weighted by Crippen LogP contribution is 2.23. The van der Waals surface area contributed by atoms with E-state index in [9.17, 15) is 9.90 Å². The van der Waals surface area contributed by atoms with Gasteiger partial charge < -0.3 is 9.84 Å². The molecule has 2 rings (SSSR count). The van der Waals surface area contributed by atoms with Crippen LogP contribution in [0, 0.1) is 0 Å². The lowest BCUT2D eigenvalue weighted by Gasteiger charge is -2.35. The minimum absolute atomic E-state index is 0.0939. The number of ether oxygens (including phenoxy) is 1. The predicted molar refractivity (Wildman–Crippen MR) is 59.2 cm³/mol. The van der Waals surface area contributed by atoms with Crippen LogP contribution in [0.2, 0.25) is 0 Å². The number of hydrogen-bond donors (Lipinski definition) is 1. The molecule has 2 saturated heterocycles. The lowest BCUT2D eigenvalue weighted by atomic mass is 10.1. The topological polar surface area (TPSA) is 53.0 Å². The third kappa shape index (κ3) is 2.30. The van der Waals surface area contributed by atoms with Gasteiger partial charge in [0.25, 0.3) is 0 Å². The van der Waals surface area contributed by atoms with E-state index >= 15 is 0 Å². The first-order valence-electron chi connectivity index (χ1n) is 5.77. The zero-order valence-electron chi connectivity index (χ0n) is 10.1. The summed E-state index contributed by atoms with van der Waals surface area (Å²) >= 11 is 0. The first-order chi connectivity index (χ1) is 7.37. The number of aliphatic hydroxyl groups excluding tert-OH is 1. The van der Waals surface area contributed by atoms with Crippen LogP contribution >= 0.6 is 0 Å². The van der Waals surface area contributed by atoms with E-state index in [4.69, 9.17) is 4.74 Å². The molecule has 2 fully saturated rings. The SMILES string of the molecule is CC(C)(C)OC(=O)N1CCN2C[C@@H](O)[C@@H]1C2. The number of nitrogens with zero attached hydrogens (tertiary/aromatic N) is 2. The van der Waals surface area contributed by atoms with Crippen LogP contribution in [0.5, 0.6) is 0 Å². The third-order valence-electron chi connectivity index (χ3n) is 3.02. The lowest BCUT2D eigenvalue weighted by Crippen LogP contribution is -2.53. The quantitative estimate of drug-likeness (QED) is 0.647. The molecular formula is C11H20N2O3. The monoisotopic (exact) mass is 228 g/mol. The Morgan fingerprint density at radius 2 is 2.00 bits per heavy atom. The highest BCUT2D eigenvalue weighted by Gasteiger charge is 2.42. The molecule has 0 saturated carbocycles. The second kappa shape index (κ2) is 3.89. The molecule has 3 atom stereocenters. The predicted octanol–water partition coefficient (Wildman–Crippen LogP) is 0.282. The van der Waals surface area contributed by atoms with Crippen molar-refractivity contribution in [1.82, 2.24) is 9.80 Å². The number of piperazine rings is 1. The van der Waals surface area contributed by atoms with Crippen molar-refractivity contribution in [2.45, 2.75) is 38.5 Å². The summed E-state index contributed by atoms with van der Waals surface area (Å²) in [5.74, 6) is 0. The highest BCUT2D eigenvalue weighted by molar-refractivity contribution is 5.69. The van der Waals surface area contributed by atoms with Crippen LogP contribution in [-0.2, 0) is 4.74 Å². The van der Waals surface area contributed by atoms with Crippen LogP contribution in [0.3, 0.4) is 0 Å². The second-order valence-corrected chi connectivity index (χ2v) is 5.57. The van der Waals surface area contributed by atoms with Crippen molar-refractivity contribution in [3.63, 3.8) is 0 Å². The maximum atomic E-state index is 11.9. The molecule has 0 aromatic carbocycles. The molecule has 1 N–H and O–H groups in total. The van der Waals surface area contributed by atoms with E-state index in [1.165, 1.54) is 0 Å². The molecule has 0 aromatic heterocycles. The molecule has 92 valence electrons. The molecule has 2 bridgehead atoms. The van der Waals surface area contributed by atoms with Crippen LogP contribution in [-0.4, -0.2) is 64.9 Å². The molecule has 0 radical (unpaired) electrons. The summed E-state index contributed by atoms with van der Waals surface area (Å²) in [5, 5.41) is 9.83. The minimum Gasteiger partial charge on any atom is -0.444 e. The minimum atomic E-state index is -0.474. The van der Waals surface area contributed by atoms with E-state index in [2.05, 4.69) is 4.90 Å². The summed E-state index contributed by atoms with van der Waals surface area (Å²) in [7, 11) is 0. The average molecular weight is 228 g/mol. The van der Waals surface area contributed by atoms with Crippen molar-refractivity contribution >= 4 is 6.09 Å². The van der Waals surface area contributed by atoms with E-state index in [1.807, 2.05) is 20.8 Å². The van der Waals surface area contributed by atoms with Gasteiger partial charge in [-0.2, -0.15) is 0 Å². The van der Waals surface area contributed by atoms with E-state index in [0.29, 0.717) is 13.1 Å². The van der Waals surface area contributed by atoms with Crippen molar-refractivity contribution in [1.29, 1.82) is 0 Å². The Hall–Kier alpha value is -0.810. The highest BCUT2D eigenvalue weighted by atomic mass is 16.6. The summed E-state index contributed by atoms with van der Waals surface area (Å²) in [6.07, 6.45) is -0.742. The number of amides is 1. The number of hydrogen-bond acceptors (Lipinski definition) is 4. The molecule has 5 heteroatoms. The zero-order valence-corrected chi connectivity index (χ0v) is 10.1. The number of carbonyl (C=O) groups is 1. The van der Waals surface area contributed by atoms with Crippen molar-refractivity contribution < 1.29 is 14.6 Å². The molecular weight excluding hydrogens is 208 g/mol. The van der Waals surface area contributed by atoms with Crippen molar-refractivity contribution in [3.8, 4) is 0 Å². The van der Waals surface area contributed by atoms with Gasteiger partial charge in [0.2, 0.25) is 0 Å². The van der Waals surface area contributed by atoms with Crippen LogP contribution in [0.15, 0.2) is 0 Å². The number of aliphatic hydroxyl groups is 1. The Morgan fingerprint density at radius 3 is 2.62 bits per heavy atom. The van der Waals surface area contributed by atoms with Crippen LogP contribution in [0.25, 0.3) is 0 Å². The van der Waals surface area contributed by atoms with E-state index in [0.717, 1.165) is 13.1 Å². The molecule has 2 aliphatic rings. The van der Waals surface area contributed by atoms with E-state index < -0.39 is 11.7 Å². The molecule has 1 amide bonds. The van der Waals surface area contributed by atoms with Gasteiger partial charge in [-0.3, -0.25) is 9.80 Å². The Morgan fingerprint density at radius 1 is 1.31 bits per heavy atom. The first-order valence-corrected chi connectivity index (χ1v) is 5.77. The first kappa shape index (κ1) is 11.7. The van der Waals surface area contributed by atoms with Gasteiger partial charge >= 0.3 is 6.09 Å². The molecule has 16 heavy (non-hydrogen) atoms. The smallest absolute Gasteiger partial charge is 0.410 e. The second-order valence-electron chi connectivity index (χ2n) is 5.57. The Bertz CT molecular complexity index is 287. The van der Waals surface area contributed by atoms with Crippen LogP contribution in [0.4, 0.5) is 4.79 Å². The Balaban J connectivity index is 2.01. The fourth-order valence-electron chi connectivity index (χ4n) is 2.30. The summed E-state index contributed by atoms with van der Waals surface area (Å²) in [5.41, 5.74) is -0.474. The maximum Gasteiger partial charge on any atom is 0.410 e. The van der Waals surface area contributed by atoms with Gasteiger partial charge in [0, 0.05) is 26.2 Å². The fourth-order valence-corrected chi connectivity index (χ4v) is 2.30. The third-order valence-corrected chi connectivity index (χ3v) is 3.02. The van der Waals surface area contributed by atoms with Crippen LogP contribution < -0.4 is 0 Å². The van der Waals surface area contributed by atoms with E-state index in [-0.39, 0.29) is 12.1 Å². The molecule has 2 heterocycles. The molecule has 2 aliphatic heterocycles. The Kier molecular flexibility index (Phi) is 2.84. The average Bonchev–Trinajstić information content (AvgIpc) is 2.40.